The molecule has 0 aliphatic carbocycles. The van der Waals surface area contributed by atoms with Crippen LogP contribution in [-0.2, 0) is 11.2 Å². The van der Waals surface area contributed by atoms with Crippen LogP contribution in [0.3, 0.4) is 0 Å². The number of aromatic nitrogens is 1. The summed E-state index contributed by atoms with van der Waals surface area (Å²) in [6.45, 7) is 0.702. The van der Waals surface area contributed by atoms with E-state index >= 15 is 0 Å². The minimum Gasteiger partial charge on any atom is -0.496 e. The average Bonchev–Trinajstić information content (AvgIpc) is 3.40. The lowest BCUT2D eigenvalue weighted by molar-refractivity contribution is -0.130. The van der Waals surface area contributed by atoms with Gasteiger partial charge in [-0.25, -0.2) is 0 Å². The molecule has 2 heterocycles. The van der Waals surface area contributed by atoms with E-state index in [0.717, 1.165) is 27.8 Å². The van der Waals surface area contributed by atoms with Crippen molar-refractivity contribution in [1.29, 1.82) is 0 Å². The van der Waals surface area contributed by atoms with Crippen LogP contribution in [0.1, 0.15) is 16.5 Å². The molecule has 152 valence electrons. The number of thioether (sulfide) groups is 1. The molecule has 7 heteroatoms. The highest BCUT2D eigenvalue weighted by Crippen LogP contribution is 2.46. The van der Waals surface area contributed by atoms with Gasteiger partial charge in [-0.05, 0) is 17.7 Å². The Morgan fingerprint density at radius 2 is 1.83 bits per heavy atom. The Hall–Kier alpha value is -2.80. The molecule has 0 spiro atoms. The molecule has 1 aromatic heterocycles. The van der Waals surface area contributed by atoms with Crippen LogP contribution in [0.15, 0.2) is 42.6 Å². The smallest absolute Gasteiger partial charge is 0.228 e. The first-order valence-electron chi connectivity index (χ1n) is 9.42. The first kappa shape index (κ1) is 19.5. The molecule has 3 aromatic rings. The fourth-order valence-electron chi connectivity index (χ4n) is 3.77. The zero-order valence-corrected chi connectivity index (χ0v) is 17.5. The van der Waals surface area contributed by atoms with Gasteiger partial charge >= 0.3 is 0 Å². The van der Waals surface area contributed by atoms with Gasteiger partial charge in [0.05, 0.1) is 27.8 Å². The first-order valence-corrected chi connectivity index (χ1v) is 10.5. The number of H-pyrrole nitrogens is 1. The van der Waals surface area contributed by atoms with Crippen molar-refractivity contribution in [3.05, 3.63) is 53.7 Å². The second-order valence-electron chi connectivity index (χ2n) is 6.80. The number of nitrogens with zero attached hydrogens (tertiary/aromatic N) is 1. The lowest BCUT2D eigenvalue weighted by atomic mass is 10.1. The lowest BCUT2D eigenvalue weighted by Gasteiger charge is -2.26. The molecular weight excluding hydrogens is 388 g/mol. The molecule has 4 rings (SSSR count). The van der Waals surface area contributed by atoms with E-state index in [2.05, 4.69) is 4.98 Å². The fourth-order valence-corrected chi connectivity index (χ4v) is 5.06. The Morgan fingerprint density at radius 1 is 1.10 bits per heavy atom. The summed E-state index contributed by atoms with van der Waals surface area (Å²) in [5, 5.41) is 0.968. The molecule has 2 aromatic carbocycles. The molecule has 1 N–H and O–H groups in total. The van der Waals surface area contributed by atoms with Gasteiger partial charge in [0.15, 0.2) is 11.5 Å². The number of carbonyl (C=O) groups is 1. The van der Waals surface area contributed by atoms with Crippen LogP contribution < -0.4 is 14.2 Å². The summed E-state index contributed by atoms with van der Waals surface area (Å²) in [5.41, 5.74) is 2.98. The highest BCUT2D eigenvalue weighted by Gasteiger charge is 2.33. The molecule has 1 aliphatic heterocycles. The molecule has 29 heavy (non-hydrogen) atoms. The number of hydrogen-bond donors (Lipinski definition) is 1. The molecule has 1 atom stereocenters. The Kier molecular flexibility index (Phi) is 5.58. The summed E-state index contributed by atoms with van der Waals surface area (Å²) in [6, 6.07) is 11.8. The molecule has 0 bridgehead atoms. The third kappa shape index (κ3) is 3.62. The number of ether oxygens (including phenoxy) is 3. The van der Waals surface area contributed by atoms with Crippen LogP contribution >= 0.6 is 11.8 Å². The number of fused-ring (bicyclic) bond motifs is 1. The van der Waals surface area contributed by atoms with Crippen LogP contribution in [-0.4, -0.2) is 49.4 Å². The predicted molar refractivity (Wildman–Crippen MR) is 115 cm³/mol. The monoisotopic (exact) mass is 412 g/mol. The third-order valence-corrected chi connectivity index (χ3v) is 6.47. The Bertz CT molecular complexity index is 1030. The number of nitrogens with one attached hydrogen (secondary N) is 1. The fraction of sp³-hybridized carbons (Fsp3) is 0.318. The van der Waals surface area contributed by atoms with Gasteiger partial charge in [-0.15, -0.1) is 11.8 Å². The van der Waals surface area contributed by atoms with Crippen LogP contribution in [0, 0.1) is 0 Å². The number of amides is 1. The molecule has 1 saturated heterocycles. The number of aromatic amines is 1. The highest BCUT2D eigenvalue weighted by molar-refractivity contribution is 7.99. The summed E-state index contributed by atoms with van der Waals surface area (Å²) in [4.78, 5) is 18.4. The largest absolute Gasteiger partial charge is 0.496 e. The van der Waals surface area contributed by atoms with Crippen molar-refractivity contribution >= 4 is 28.6 Å². The summed E-state index contributed by atoms with van der Waals surface area (Å²) in [5.74, 6) is 2.89. The number of para-hydroxylation sites is 1. The van der Waals surface area contributed by atoms with Gasteiger partial charge in [-0.1, -0.05) is 18.2 Å². The van der Waals surface area contributed by atoms with Gasteiger partial charge in [0.25, 0.3) is 0 Å². The van der Waals surface area contributed by atoms with E-state index in [-0.39, 0.29) is 11.3 Å². The third-order valence-electron chi connectivity index (χ3n) is 5.23. The van der Waals surface area contributed by atoms with E-state index in [1.165, 1.54) is 0 Å². The molecule has 6 nitrogen and oxygen atoms in total. The lowest BCUT2D eigenvalue weighted by Crippen LogP contribution is -2.31. The standard InChI is InChI=1S/C22H24N2O4S/c1-26-18-12-20(28-3)19(27-2)11-16(18)22-24(8-9-29-22)21(25)10-14-13-23-17-7-5-4-6-15(14)17/h4-7,11-13,22-23H,8-10H2,1-3H3. The topological polar surface area (TPSA) is 63.8 Å². The van der Waals surface area contributed by atoms with Gasteiger partial charge in [0, 0.05) is 41.0 Å². The van der Waals surface area contributed by atoms with Crippen LogP contribution in [0.25, 0.3) is 10.9 Å². The predicted octanol–water partition coefficient (Wildman–Crippen LogP) is 4.01. The van der Waals surface area contributed by atoms with E-state index in [9.17, 15) is 4.79 Å². The Balaban J connectivity index is 1.63. The van der Waals surface area contributed by atoms with Crippen molar-refractivity contribution in [2.24, 2.45) is 0 Å². The maximum absolute atomic E-state index is 13.2. The van der Waals surface area contributed by atoms with Gasteiger partial charge in [0.2, 0.25) is 5.91 Å². The number of rotatable bonds is 6. The molecule has 1 aliphatic rings. The van der Waals surface area contributed by atoms with E-state index in [1.54, 1.807) is 33.1 Å². The van der Waals surface area contributed by atoms with Crippen molar-refractivity contribution in [1.82, 2.24) is 9.88 Å². The number of methoxy groups -OCH3 is 3. The van der Waals surface area contributed by atoms with E-state index < -0.39 is 0 Å². The van der Waals surface area contributed by atoms with Crippen molar-refractivity contribution in [2.45, 2.75) is 11.8 Å². The summed E-state index contributed by atoms with van der Waals surface area (Å²) >= 11 is 1.73. The SMILES string of the molecule is COc1cc(OC)c(C2SCCN2C(=O)Cc2c[nH]c3ccccc23)cc1OC. The second kappa shape index (κ2) is 8.29. The summed E-state index contributed by atoms with van der Waals surface area (Å²) in [6.07, 6.45) is 2.29. The van der Waals surface area contributed by atoms with Crippen molar-refractivity contribution < 1.29 is 19.0 Å². The zero-order valence-electron chi connectivity index (χ0n) is 16.7. The van der Waals surface area contributed by atoms with E-state index in [1.807, 2.05) is 47.5 Å². The zero-order chi connectivity index (χ0) is 20.4. The minimum atomic E-state index is -0.123. The molecule has 0 radical (unpaired) electrons. The van der Waals surface area contributed by atoms with Crippen LogP contribution in [0.2, 0.25) is 0 Å². The number of carbonyl (C=O) groups excluding carboxylic acids is 1. The quantitative estimate of drug-likeness (QED) is 0.663. The molecule has 1 unspecified atom stereocenters. The average molecular weight is 413 g/mol. The first-order chi connectivity index (χ1) is 14.2. The van der Waals surface area contributed by atoms with E-state index in [4.69, 9.17) is 14.2 Å². The van der Waals surface area contributed by atoms with Gasteiger partial charge < -0.3 is 24.1 Å². The Labute approximate surface area is 174 Å². The van der Waals surface area contributed by atoms with Gasteiger partial charge in [0.1, 0.15) is 11.1 Å². The Morgan fingerprint density at radius 3 is 2.59 bits per heavy atom. The van der Waals surface area contributed by atoms with Crippen molar-refractivity contribution in [3.8, 4) is 17.2 Å². The van der Waals surface area contributed by atoms with Crippen LogP contribution in [0.5, 0.6) is 17.2 Å². The van der Waals surface area contributed by atoms with Gasteiger partial charge in [-0.3, -0.25) is 4.79 Å². The van der Waals surface area contributed by atoms with Crippen molar-refractivity contribution in [2.75, 3.05) is 33.6 Å². The normalized spacial score (nSPS) is 16.2. The van der Waals surface area contributed by atoms with Crippen LogP contribution in [0.4, 0.5) is 0 Å². The second-order valence-corrected chi connectivity index (χ2v) is 7.98. The number of benzene rings is 2. The summed E-state index contributed by atoms with van der Waals surface area (Å²) < 4.78 is 16.5. The molecule has 0 saturated carbocycles. The maximum Gasteiger partial charge on any atom is 0.228 e. The minimum absolute atomic E-state index is 0.0987. The summed E-state index contributed by atoms with van der Waals surface area (Å²) in [7, 11) is 4.83. The van der Waals surface area contributed by atoms with Crippen molar-refractivity contribution in [3.63, 3.8) is 0 Å². The molecule has 1 fully saturated rings. The molecular formula is C22H24N2O4S. The highest BCUT2D eigenvalue weighted by atomic mass is 32.2. The maximum atomic E-state index is 13.2. The number of hydrogen-bond acceptors (Lipinski definition) is 5. The molecule has 1 amide bonds. The van der Waals surface area contributed by atoms with Gasteiger partial charge in [-0.2, -0.15) is 0 Å². The van der Waals surface area contributed by atoms with E-state index in [0.29, 0.717) is 30.2 Å².